The number of phenols is 2. The number of hydrogen-bond donors (Lipinski definition) is 4. The van der Waals surface area contributed by atoms with Crippen molar-refractivity contribution in [2.45, 2.75) is 44.3 Å². The van der Waals surface area contributed by atoms with Crippen LogP contribution in [0.4, 0.5) is 10.1 Å². The van der Waals surface area contributed by atoms with E-state index in [0.29, 0.717) is 16.8 Å². The zero-order valence-corrected chi connectivity index (χ0v) is 18.3. The summed E-state index contributed by atoms with van der Waals surface area (Å²) in [4.78, 5) is 41.8. The molecule has 2 aromatic carbocycles. The number of hydrogen-bond acceptors (Lipinski definition) is 6. The fraction of sp³-hybridized carbons (Fsp3) is 0.375. The number of aromatic hydroxyl groups is 2. The van der Waals surface area contributed by atoms with E-state index in [1.165, 1.54) is 35.2 Å². The molecule has 0 saturated carbocycles. The molecule has 0 aliphatic carbocycles. The van der Waals surface area contributed by atoms with Gasteiger partial charge in [-0.25, -0.2) is 4.39 Å². The van der Waals surface area contributed by atoms with Crippen LogP contribution in [0.1, 0.15) is 31.9 Å². The Balaban J connectivity index is 1.66. The molecule has 0 aromatic heterocycles. The van der Waals surface area contributed by atoms with Gasteiger partial charge < -0.3 is 15.5 Å². The predicted molar refractivity (Wildman–Crippen MR) is 116 cm³/mol. The molecule has 5 rings (SSSR count). The van der Waals surface area contributed by atoms with Crippen molar-refractivity contribution in [3.05, 3.63) is 53.3 Å². The highest BCUT2D eigenvalue weighted by Gasteiger charge is 2.71. The van der Waals surface area contributed by atoms with E-state index >= 15 is 0 Å². The Morgan fingerprint density at radius 3 is 2.42 bits per heavy atom. The SMILES string of the molecule is CC(C)(C)N1C(=O)C2C(Cc3ccc(O)c(O)c3)NC3(C(=O)Nc4ccc(F)cc43)C2C1=O. The minimum absolute atomic E-state index is 0.200. The summed E-state index contributed by atoms with van der Waals surface area (Å²) in [6, 6.07) is 7.56. The van der Waals surface area contributed by atoms with Gasteiger partial charge in [0.25, 0.3) is 0 Å². The molecular weight excluding hydrogens is 429 g/mol. The van der Waals surface area contributed by atoms with Crippen LogP contribution in [0.2, 0.25) is 0 Å². The molecule has 2 fully saturated rings. The van der Waals surface area contributed by atoms with Crippen molar-refractivity contribution in [1.82, 2.24) is 10.2 Å². The number of carbonyl (C=O) groups excluding carboxylic acids is 3. The summed E-state index contributed by atoms with van der Waals surface area (Å²) in [6.07, 6.45) is 0.200. The first-order chi connectivity index (χ1) is 15.4. The van der Waals surface area contributed by atoms with Gasteiger partial charge in [0.05, 0.1) is 11.8 Å². The molecule has 3 amide bonds. The second-order valence-electron chi connectivity index (χ2n) is 9.92. The lowest BCUT2D eigenvalue weighted by molar-refractivity contribution is -0.147. The molecule has 172 valence electrons. The van der Waals surface area contributed by atoms with Crippen LogP contribution in [0.25, 0.3) is 0 Å². The minimum atomic E-state index is -1.60. The summed E-state index contributed by atoms with van der Waals surface area (Å²) in [5.74, 6) is -4.45. The van der Waals surface area contributed by atoms with Gasteiger partial charge in [-0.15, -0.1) is 0 Å². The van der Waals surface area contributed by atoms with Gasteiger partial charge in [-0.3, -0.25) is 24.6 Å². The first kappa shape index (κ1) is 21.4. The molecular formula is C24H24FN3O5. The Morgan fingerprint density at radius 1 is 1.03 bits per heavy atom. The molecule has 2 aromatic rings. The number of benzene rings is 2. The lowest BCUT2D eigenvalue weighted by atomic mass is 9.76. The Kier molecular flexibility index (Phi) is 4.39. The van der Waals surface area contributed by atoms with Gasteiger partial charge in [-0.05, 0) is 63.1 Å². The molecule has 4 N–H and O–H groups in total. The molecule has 0 bridgehead atoms. The monoisotopic (exact) mass is 453 g/mol. The van der Waals surface area contributed by atoms with Crippen molar-refractivity contribution in [3.63, 3.8) is 0 Å². The van der Waals surface area contributed by atoms with Crippen LogP contribution < -0.4 is 10.6 Å². The maximum atomic E-state index is 14.3. The molecule has 3 aliphatic heterocycles. The number of rotatable bonds is 2. The number of fused-ring (bicyclic) bond motifs is 4. The number of carbonyl (C=O) groups is 3. The summed E-state index contributed by atoms with van der Waals surface area (Å²) in [7, 11) is 0. The standard InChI is InChI=1S/C24H24FN3O5/c1-23(2,3)28-20(31)18-15(8-11-4-7-16(29)17(30)9-11)27-24(19(18)21(28)32)13-10-12(25)5-6-14(13)26-22(24)33/h4-7,9-10,15,18-19,27,29-30H,8H2,1-3H3,(H,26,33). The zero-order chi connectivity index (χ0) is 23.9. The van der Waals surface area contributed by atoms with Crippen molar-refractivity contribution >= 4 is 23.4 Å². The van der Waals surface area contributed by atoms with Crippen LogP contribution in [0.5, 0.6) is 11.5 Å². The number of nitrogens with zero attached hydrogens (tertiary/aromatic N) is 1. The first-order valence-electron chi connectivity index (χ1n) is 10.7. The van der Waals surface area contributed by atoms with Crippen LogP contribution in [0.15, 0.2) is 36.4 Å². The van der Waals surface area contributed by atoms with E-state index in [-0.39, 0.29) is 17.9 Å². The highest BCUT2D eigenvalue weighted by Crippen LogP contribution is 2.54. The van der Waals surface area contributed by atoms with Crippen LogP contribution in [-0.2, 0) is 26.3 Å². The third-order valence-corrected chi connectivity index (χ3v) is 6.84. The minimum Gasteiger partial charge on any atom is -0.504 e. The number of halogens is 1. The Morgan fingerprint density at radius 2 is 1.76 bits per heavy atom. The average molecular weight is 453 g/mol. The first-order valence-corrected chi connectivity index (χ1v) is 10.7. The van der Waals surface area contributed by atoms with Crippen molar-refractivity contribution in [2.75, 3.05) is 5.32 Å². The summed E-state index contributed by atoms with van der Waals surface area (Å²) in [5.41, 5.74) is -1.11. The second kappa shape index (κ2) is 6.77. The van der Waals surface area contributed by atoms with Gasteiger partial charge in [-0.1, -0.05) is 6.07 Å². The van der Waals surface area contributed by atoms with Crippen molar-refractivity contribution in [1.29, 1.82) is 0 Å². The summed E-state index contributed by atoms with van der Waals surface area (Å²) in [6.45, 7) is 5.25. The smallest absolute Gasteiger partial charge is 0.250 e. The van der Waals surface area contributed by atoms with E-state index in [4.69, 9.17) is 0 Å². The highest BCUT2D eigenvalue weighted by atomic mass is 19.1. The third kappa shape index (κ3) is 2.88. The third-order valence-electron chi connectivity index (χ3n) is 6.84. The van der Waals surface area contributed by atoms with Gasteiger partial charge in [0.2, 0.25) is 17.7 Å². The molecule has 9 heteroatoms. The van der Waals surface area contributed by atoms with Gasteiger partial charge in [0.1, 0.15) is 11.4 Å². The maximum absolute atomic E-state index is 14.3. The molecule has 3 aliphatic rings. The van der Waals surface area contributed by atoms with E-state index < -0.39 is 52.5 Å². The van der Waals surface area contributed by atoms with Crippen molar-refractivity contribution in [2.24, 2.45) is 11.8 Å². The van der Waals surface area contributed by atoms with Gasteiger partial charge in [-0.2, -0.15) is 0 Å². The fourth-order valence-corrected chi connectivity index (χ4v) is 5.56. The fourth-order valence-electron chi connectivity index (χ4n) is 5.56. The normalized spacial score (nSPS) is 28.4. The number of likely N-dealkylation sites (tertiary alicyclic amines) is 1. The van der Waals surface area contributed by atoms with Gasteiger partial charge in [0, 0.05) is 22.8 Å². The summed E-state index contributed by atoms with van der Waals surface area (Å²) < 4.78 is 14.3. The van der Waals surface area contributed by atoms with Crippen molar-refractivity contribution in [3.8, 4) is 11.5 Å². The largest absolute Gasteiger partial charge is 0.504 e. The Hall–Kier alpha value is -3.46. The topological polar surface area (TPSA) is 119 Å². The molecule has 8 nitrogen and oxygen atoms in total. The average Bonchev–Trinajstić information content (AvgIpc) is 3.29. The quantitative estimate of drug-likeness (QED) is 0.408. The summed E-state index contributed by atoms with van der Waals surface area (Å²) >= 11 is 0. The van der Waals surface area contributed by atoms with Gasteiger partial charge in [0.15, 0.2) is 11.5 Å². The summed E-state index contributed by atoms with van der Waals surface area (Å²) in [5, 5.41) is 25.5. The highest BCUT2D eigenvalue weighted by molar-refractivity contribution is 6.15. The molecule has 4 atom stereocenters. The van der Waals surface area contributed by atoms with E-state index in [1.807, 2.05) is 0 Å². The van der Waals surface area contributed by atoms with Crippen molar-refractivity contribution < 1.29 is 29.0 Å². The number of anilines is 1. The van der Waals surface area contributed by atoms with Crippen LogP contribution in [0.3, 0.4) is 0 Å². The lowest BCUT2D eigenvalue weighted by Crippen LogP contribution is -2.56. The van der Waals surface area contributed by atoms with Crippen LogP contribution >= 0.6 is 0 Å². The number of nitrogens with one attached hydrogen (secondary N) is 2. The Labute approximate surface area is 189 Å². The number of amides is 3. The molecule has 4 unspecified atom stereocenters. The molecule has 3 heterocycles. The predicted octanol–water partition coefficient (Wildman–Crippen LogP) is 2.00. The second-order valence-corrected chi connectivity index (χ2v) is 9.92. The number of imide groups is 1. The van der Waals surface area contributed by atoms with Gasteiger partial charge >= 0.3 is 0 Å². The van der Waals surface area contributed by atoms with Crippen LogP contribution in [0, 0.1) is 17.7 Å². The lowest BCUT2D eigenvalue weighted by Gasteiger charge is -2.34. The molecule has 33 heavy (non-hydrogen) atoms. The van der Waals surface area contributed by atoms with E-state index in [0.717, 1.165) is 0 Å². The Bertz CT molecular complexity index is 1220. The van der Waals surface area contributed by atoms with E-state index in [2.05, 4.69) is 10.6 Å². The van der Waals surface area contributed by atoms with Crippen LogP contribution in [-0.4, -0.2) is 44.4 Å². The van der Waals surface area contributed by atoms with E-state index in [9.17, 15) is 29.0 Å². The maximum Gasteiger partial charge on any atom is 0.250 e. The molecule has 0 radical (unpaired) electrons. The molecule has 2 saturated heterocycles. The van der Waals surface area contributed by atoms with E-state index in [1.54, 1.807) is 26.8 Å². The number of phenolic OH excluding ortho intramolecular Hbond substituents is 2. The molecule has 1 spiro atoms. The zero-order valence-electron chi connectivity index (χ0n) is 18.3.